The molecule has 0 saturated carbocycles. The van der Waals surface area contributed by atoms with Gasteiger partial charge in [0.1, 0.15) is 0 Å². The number of benzene rings is 2. The zero-order valence-corrected chi connectivity index (χ0v) is 15.0. The summed E-state index contributed by atoms with van der Waals surface area (Å²) in [7, 11) is 0. The van der Waals surface area contributed by atoms with E-state index in [1.54, 1.807) is 23.3 Å². The van der Waals surface area contributed by atoms with Gasteiger partial charge in [0, 0.05) is 24.4 Å². The third-order valence-corrected chi connectivity index (χ3v) is 5.11. The van der Waals surface area contributed by atoms with E-state index in [0.717, 1.165) is 30.4 Å². The molecule has 0 aliphatic heterocycles. The molecule has 1 aliphatic rings. The van der Waals surface area contributed by atoms with Gasteiger partial charge in [-0.3, -0.25) is 9.59 Å². The minimum Gasteiger partial charge on any atom is -0.349 e. The zero-order chi connectivity index (χ0) is 18.6. The van der Waals surface area contributed by atoms with Gasteiger partial charge in [0.25, 0.3) is 0 Å². The normalized spacial score (nSPS) is 15.3. The Morgan fingerprint density at radius 3 is 2.96 bits per heavy atom. The van der Waals surface area contributed by atoms with Crippen molar-refractivity contribution >= 4 is 12.2 Å². The number of nitrogens with one attached hydrogen (secondary N) is 1. The molecule has 1 unspecified atom stereocenters. The Bertz CT molecular complexity index is 963. The second-order valence-corrected chi connectivity index (χ2v) is 6.84. The second kappa shape index (κ2) is 7.58. The number of imidazole rings is 1. The predicted molar refractivity (Wildman–Crippen MR) is 103 cm³/mol. The molecule has 0 fully saturated rings. The summed E-state index contributed by atoms with van der Waals surface area (Å²) < 4.78 is 1.80. The van der Waals surface area contributed by atoms with Gasteiger partial charge in [0.15, 0.2) is 6.29 Å². The van der Waals surface area contributed by atoms with Gasteiger partial charge in [0.05, 0.1) is 18.1 Å². The van der Waals surface area contributed by atoms with Gasteiger partial charge in [-0.1, -0.05) is 30.3 Å². The summed E-state index contributed by atoms with van der Waals surface area (Å²) in [6.07, 6.45) is 8.96. The molecule has 0 saturated heterocycles. The number of carbonyl (C=O) groups excluding carboxylic acids is 2. The summed E-state index contributed by atoms with van der Waals surface area (Å²) >= 11 is 0. The number of aryl methyl sites for hydroxylation is 2. The maximum Gasteiger partial charge on any atom is 0.220 e. The Balaban J connectivity index is 1.39. The van der Waals surface area contributed by atoms with Gasteiger partial charge in [-0.15, -0.1) is 0 Å². The van der Waals surface area contributed by atoms with E-state index >= 15 is 0 Å². The summed E-state index contributed by atoms with van der Waals surface area (Å²) in [5, 5.41) is 3.15. The van der Waals surface area contributed by atoms with Crippen LogP contribution >= 0.6 is 0 Å². The van der Waals surface area contributed by atoms with Gasteiger partial charge in [0.2, 0.25) is 5.91 Å². The first-order valence-electron chi connectivity index (χ1n) is 9.18. The Hall–Kier alpha value is -3.21. The van der Waals surface area contributed by atoms with E-state index in [1.807, 2.05) is 30.3 Å². The van der Waals surface area contributed by atoms with Crippen molar-refractivity contribution in [3.8, 4) is 5.69 Å². The monoisotopic (exact) mass is 359 g/mol. The number of carbonyl (C=O) groups is 2. The Morgan fingerprint density at radius 2 is 2.15 bits per heavy atom. The molecule has 2 aromatic carbocycles. The molecule has 1 atom stereocenters. The van der Waals surface area contributed by atoms with Crippen molar-refractivity contribution in [3.63, 3.8) is 0 Å². The predicted octanol–water partition coefficient (Wildman–Crippen LogP) is 3.42. The van der Waals surface area contributed by atoms with Crippen molar-refractivity contribution in [2.45, 2.75) is 31.7 Å². The third-order valence-electron chi connectivity index (χ3n) is 5.11. The van der Waals surface area contributed by atoms with Crippen molar-refractivity contribution in [2.75, 3.05) is 0 Å². The van der Waals surface area contributed by atoms with Crippen molar-refractivity contribution < 1.29 is 9.59 Å². The molecule has 1 heterocycles. The number of hydrogen-bond acceptors (Lipinski definition) is 3. The number of amides is 1. The average Bonchev–Trinajstić information content (AvgIpc) is 3.37. The Morgan fingerprint density at radius 1 is 1.26 bits per heavy atom. The molecule has 1 aliphatic carbocycles. The van der Waals surface area contributed by atoms with Crippen LogP contribution in [0.3, 0.4) is 0 Å². The molecule has 0 radical (unpaired) electrons. The fourth-order valence-corrected chi connectivity index (χ4v) is 3.72. The molecule has 0 spiro atoms. The van der Waals surface area contributed by atoms with E-state index in [9.17, 15) is 9.59 Å². The van der Waals surface area contributed by atoms with E-state index in [1.165, 1.54) is 11.1 Å². The first-order valence-corrected chi connectivity index (χ1v) is 9.18. The van der Waals surface area contributed by atoms with Crippen LogP contribution in [0.5, 0.6) is 0 Å². The van der Waals surface area contributed by atoms with Crippen LogP contribution in [0.2, 0.25) is 0 Å². The molecule has 27 heavy (non-hydrogen) atoms. The Labute approximate surface area is 158 Å². The van der Waals surface area contributed by atoms with E-state index < -0.39 is 0 Å². The lowest BCUT2D eigenvalue weighted by atomic mass is 10.0. The van der Waals surface area contributed by atoms with Crippen molar-refractivity contribution in [1.29, 1.82) is 0 Å². The smallest absolute Gasteiger partial charge is 0.220 e. The largest absolute Gasteiger partial charge is 0.349 e. The standard InChI is InChI=1S/C22H21N3O2/c26-14-18-13-16(5-9-21(18)25-12-11-23-15-25)6-10-22(27)24-20-8-7-17-3-1-2-4-19(17)20/h1-5,9,11-15,20H,6-8,10H2,(H,24,27). The van der Waals surface area contributed by atoms with Crippen LogP contribution in [0.15, 0.2) is 61.2 Å². The van der Waals surface area contributed by atoms with Gasteiger partial charge < -0.3 is 9.88 Å². The zero-order valence-electron chi connectivity index (χ0n) is 15.0. The van der Waals surface area contributed by atoms with Crippen molar-refractivity contribution in [3.05, 3.63) is 83.4 Å². The van der Waals surface area contributed by atoms with Crippen LogP contribution in [0, 0.1) is 0 Å². The maximum atomic E-state index is 12.4. The molecule has 5 heteroatoms. The van der Waals surface area contributed by atoms with Crippen LogP contribution in [-0.4, -0.2) is 21.7 Å². The third kappa shape index (κ3) is 3.67. The van der Waals surface area contributed by atoms with Crippen LogP contribution in [0.4, 0.5) is 0 Å². The van der Waals surface area contributed by atoms with E-state index in [2.05, 4.69) is 22.4 Å². The first-order chi connectivity index (χ1) is 13.2. The number of hydrogen-bond donors (Lipinski definition) is 1. The maximum absolute atomic E-state index is 12.4. The molecule has 1 amide bonds. The molecular formula is C22H21N3O2. The topological polar surface area (TPSA) is 64.0 Å². The van der Waals surface area contributed by atoms with Crippen LogP contribution in [0.25, 0.3) is 5.69 Å². The minimum absolute atomic E-state index is 0.0445. The van der Waals surface area contributed by atoms with Gasteiger partial charge in [-0.2, -0.15) is 0 Å². The number of aromatic nitrogens is 2. The Kier molecular flexibility index (Phi) is 4.83. The molecule has 1 aromatic heterocycles. The molecule has 3 aromatic rings. The number of nitrogens with zero attached hydrogens (tertiary/aromatic N) is 2. The number of aldehydes is 1. The highest BCUT2D eigenvalue weighted by atomic mass is 16.1. The van der Waals surface area contributed by atoms with Gasteiger partial charge in [-0.25, -0.2) is 4.98 Å². The van der Waals surface area contributed by atoms with Crippen LogP contribution < -0.4 is 5.32 Å². The molecule has 136 valence electrons. The van der Waals surface area contributed by atoms with Gasteiger partial charge in [-0.05, 0) is 48.1 Å². The lowest BCUT2D eigenvalue weighted by Gasteiger charge is -2.14. The molecule has 1 N–H and O–H groups in total. The highest BCUT2D eigenvalue weighted by Gasteiger charge is 2.23. The van der Waals surface area contributed by atoms with E-state index in [4.69, 9.17) is 0 Å². The SMILES string of the molecule is O=Cc1cc(CCC(=O)NC2CCc3ccccc32)ccc1-n1ccnc1. The molecule has 4 rings (SSSR count). The highest BCUT2D eigenvalue weighted by molar-refractivity contribution is 5.81. The number of fused-ring (bicyclic) bond motifs is 1. The van der Waals surface area contributed by atoms with Crippen molar-refractivity contribution in [1.82, 2.24) is 14.9 Å². The summed E-state index contributed by atoms with van der Waals surface area (Å²) in [5.74, 6) is 0.0445. The number of rotatable bonds is 6. The minimum atomic E-state index is 0.0445. The highest BCUT2D eigenvalue weighted by Crippen LogP contribution is 2.30. The summed E-state index contributed by atoms with van der Waals surface area (Å²) in [5.41, 5.74) is 4.92. The molecule has 5 nitrogen and oxygen atoms in total. The van der Waals surface area contributed by atoms with Gasteiger partial charge >= 0.3 is 0 Å². The lowest BCUT2D eigenvalue weighted by molar-refractivity contribution is -0.121. The molecule has 0 bridgehead atoms. The van der Waals surface area contributed by atoms with E-state index in [0.29, 0.717) is 18.4 Å². The summed E-state index contributed by atoms with van der Waals surface area (Å²) in [6.45, 7) is 0. The first kappa shape index (κ1) is 17.2. The fourth-order valence-electron chi connectivity index (χ4n) is 3.72. The second-order valence-electron chi connectivity index (χ2n) is 6.84. The van der Waals surface area contributed by atoms with Crippen LogP contribution in [0.1, 0.15) is 45.9 Å². The van der Waals surface area contributed by atoms with E-state index in [-0.39, 0.29) is 11.9 Å². The van der Waals surface area contributed by atoms with Crippen molar-refractivity contribution in [2.24, 2.45) is 0 Å². The lowest BCUT2D eigenvalue weighted by Crippen LogP contribution is -2.27. The fraction of sp³-hybridized carbons (Fsp3) is 0.227. The summed E-state index contributed by atoms with van der Waals surface area (Å²) in [4.78, 5) is 27.9. The van der Waals surface area contributed by atoms with Crippen LogP contribution in [-0.2, 0) is 17.6 Å². The molecular weight excluding hydrogens is 338 g/mol. The summed E-state index contributed by atoms with van der Waals surface area (Å²) in [6, 6.07) is 14.1. The average molecular weight is 359 g/mol. The quantitative estimate of drug-likeness (QED) is 0.686.